The predicted octanol–water partition coefficient (Wildman–Crippen LogP) is 5.08. The van der Waals surface area contributed by atoms with Gasteiger partial charge in [-0.15, -0.1) is 11.8 Å². The quantitative estimate of drug-likeness (QED) is 0.610. The zero-order valence-corrected chi connectivity index (χ0v) is 20.0. The maximum Gasteiger partial charge on any atom is 0.490 e. The molecule has 0 atom stereocenters. The molecule has 2 aliphatic rings. The van der Waals surface area contributed by atoms with Crippen molar-refractivity contribution in [3.8, 4) is 0 Å². The number of carboxylic acids is 1. The summed E-state index contributed by atoms with van der Waals surface area (Å²) < 4.78 is 31.7. The van der Waals surface area contributed by atoms with E-state index in [9.17, 15) is 13.2 Å². The molecule has 182 valence electrons. The van der Waals surface area contributed by atoms with Crippen LogP contribution in [0.5, 0.6) is 0 Å². The van der Waals surface area contributed by atoms with Gasteiger partial charge in [0.1, 0.15) is 12.1 Å². The van der Waals surface area contributed by atoms with Crippen LogP contribution in [0.25, 0.3) is 10.9 Å². The molecule has 1 N–H and O–H groups in total. The second-order valence-corrected chi connectivity index (χ2v) is 9.94. The number of anilines is 1. The van der Waals surface area contributed by atoms with Crippen molar-refractivity contribution in [2.24, 2.45) is 5.41 Å². The topological polar surface area (TPSA) is 69.6 Å². The van der Waals surface area contributed by atoms with Crippen molar-refractivity contribution in [2.75, 3.05) is 38.3 Å². The molecule has 1 saturated heterocycles. The summed E-state index contributed by atoms with van der Waals surface area (Å²) in [4.78, 5) is 24.2. The molecule has 0 amide bonds. The van der Waals surface area contributed by atoms with Crippen LogP contribution in [0.3, 0.4) is 0 Å². The van der Waals surface area contributed by atoms with E-state index in [2.05, 4.69) is 58.3 Å². The Balaban J connectivity index is 0.000000383. The lowest BCUT2D eigenvalue weighted by Crippen LogP contribution is -2.44. The van der Waals surface area contributed by atoms with Gasteiger partial charge in [-0.2, -0.15) is 13.2 Å². The van der Waals surface area contributed by atoms with E-state index in [1.165, 1.54) is 48.8 Å². The molecular weight excluding hydrogens is 453 g/mol. The lowest BCUT2D eigenvalue weighted by Gasteiger charge is -2.47. The van der Waals surface area contributed by atoms with Crippen molar-refractivity contribution >= 4 is 34.5 Å². The molecule has 2 aromatic rings. The van der Waals surface area contributed by atoms with Crippen LogP contribution in [0.2, 0.25) is 0 Å². The Hall–Kier alpha value is -2.07. The molecule has 10 heteroatoms. The van der Waals surface area contributed by atoms with E-state index in [1.54, 1.807) is 18.1 Å². The number of aliphatic carboxylic acids is 1. The normalized spacial score (nSPS) is 18.9. The van der Waals surface area contributed by atoms with Crippen molar-refractivity contribution in [1.82, 2.24) is 14.9 Å². The van der Waals surface area contributed by atoms with Crippen molar-refractivity contribution in [3.05, 3.63) is 24.5 Å². The Kier molecular flexibility index (Phi) is 8.10. The molecule has 1 aromatic carbocycles. The molecule has 4 rings (SSSR count). The number of aromatic nitrogens is 2. The largest absolute Gasteiger partial charge is 0.490 e. The van der Waals surface area contributed by atoms with Crippen LogP contribution in [0.4, 0.5) is 19.0 Å². The zero-order chi connectivity index (χ0) is 24.2. The summed E-state index contributed by atoms with van der Waals surface area (Å²) in [6.45, 7) is 2.25. The summed E-state index contributed by atoms with van der Waals surface area (Å²) in [6, 6.07) is 7.31. The van der Waals surface area contributed by atoms with Crippen molar-refractivity contribution < 1.29 is 23.1 Å². The van der Waals surface area contributed by atoms with Crippen molar-refractivity contribution in [1.29, 1.82) is 0 Å². The third kappa shape index (κ3) is 6.29. The first-order valence-electron chi connectivity index (χ1n) is 11.0. The standard InChI is InChI=1S/C21H30N4S.C2HF3O2/c1-24(2)16-6-8-21(9-7-16)10-12-25(13-11-21)20-18-14-17(26-3)4-5-19(18)22-15-23-20;3-2(4,5)1(6)7/h4-5,14-16H,6-13H2,1-3H3;(H,6,7). The Morgan fingerprint density at radius 3 is 2.27 bits per heavy atom. The smallest absolute Gasteiger partial charge is 0.475 e. The number of rotatable bonds is 3. The molecule has 1 aliphatic heterocycles. The zero-order valence-electron chi connectivity index (χ0n) is 19.2. The van der Waals surface area contributed by atoms with Gasteiger partial charge in [0.2, 0.25) is 0 Å². The second-order valence-electron chi connectivity index (χ2n) is 9.07. The van der Waals surface area contributed by atoms with Crippen LogP contribution >= 0.6 is 11.8 Å². The third-order valence-electron chi connectivity index (χ3n) is 6.93. The first-order valence-corrected chi connectivity index (χ1v) is 12.3. The van der Waals surface area contributed by atoms with Crippen LogP contribution < -0.4 is 4.90 Å². The number of fused-ring (bicyclic) bond motifs is 1. The van der Waals surface area contributed by atoms with Gasteiger partial charge in [-0.1, -0.05) is 0 Å². The first-order chi connectivity index (χ1) is 15.5. The number of thioether (sulfide) groups is 1. The van der Waals surface area contributed by atoms with Gasteiger partial charge in [-0.05, 0) is 82.5 Å². The number of piperidine rings is 1. The number of carboxylic acid groups (broad SMARTS) is 1. The molecule has 1 saturated carbocycles. The van der Waals surface area contributed by atoms with E-state index < -0.39 is 12.1 Å². The number of carbonyl (C=O) groups is 1. The van der Waals surface area contributed by atoms with Gasteiger partial charge in [-0.3, -0.25) is 0 Å². The maximum atomic E-state index is 10.6. The van der Waals surface area contributed by atoms with Crippen LogP contribution in [0.1, 0.15) is 38.5 Å². The van der Waals surface area contributed by atoms with Crippen LogP contribution in [-0.2, 0) is 4.79 Å². The van der Waals surface area contributed by atoms with Gasteiger partial charge < -0.3 is 14.9 Å². The summed E-state index contributed by atoms with van der Waals surface area (Å²) in [6.07, 6.45) is 6.89. The van der Waals surface area contributed by atoms with E-state index in [1.807, 2.05) is 0 Å². The number of hydrogen-bond acceptors (Lipinski definition) is 6. The lowest BCUT2D eigenvalue weighted by atomic mass is 9.67. The van der Waals surface area contributed by atoms with Gasteiger partial charge in [0.15, 0.2) is 0 Å². The number of hydrogen-bond donors (Lipinski definition) is 1. The average molecular weight is 485 g/mol. The summed E-state index contributed by atoms with van der Waals surface area (Å²) >= 11 is 1.78. The molecule has 6 nitrogen and oxygen atoms in total. The summed E-state index contributed by atoms with van der Waals surface area (Å²) in [5.41, 5.74) is 1.63. The van der Waals surface area contributed by atoms with Crippen molar-refractivity contribution in [2.45, 2.75) is 55.6 Å². The Morgan fingerprint density at radius 2 is 1.76 bits per heavy atom. The molecule has 2 fully saturated rings. The number of nitrogens with zero attached hydrogens (tertiary/aromatic N) is 4. The van der Waals surface area contributed by atoms with Gasteiger partial charge in [-0.25, -0.2) is 14.8 Å². The summed E-state index contributed by atoms with van der Waals surface area (Å²) in [5.74, 6) is -1.63. The molecular formula is C23H31F3N4O2S. The molecule has 1 aromatic heterocycles. The van der Waals surface area contributed by atoms with E-state index >= 15 is 0 Å². The predicted molar refractivity (Wildman–Crippen MR) is 125 cm³/mol. The van der Waals surface area contributed by atoms with Crippen LogP contribution in [0, 0.1) is 5.41 Å². The highest BCUT2D eigenvalue weighted by atomic mass is 32.2. The molecule has 1 aliphatic carbocycles. The highest BCUT2D eigenvalue weighted by Crippen LogP contribution is 2.46. The lowest BCUT2D eigenvalue weighted by molar-refractivity contribution is -0.192. The van der Waals surface area contributed by atoms with Gasteiger partial charge >= 0.3 is 12.1 Å². The minimum atomic E-state index is -5.08. The SMILES string of the molecule is CSc1ccc2ncnc(N3CCC4(CCC(N(C)C)CC4)CC3)c2c1.O=C(O)C(F)(F)F. The fourth-order valence-corrected chi connectivity index (χ4v) is 5.27. The monoisotopic (exact) mass is 484 g/mol. The molecule has 1 spiro atoms. The fourth-order valence-electron chi connectivity index (χ4n) is 4.83. The minimum absolute atomic E-state index is 0.580. The molecule has 0 unspecified atom stereocenters. The number of alkyl halides is 3. The molecule has 2 heterocycles. The van der Waals surface area contributed by atoms with E-state index in [0.717, 1.165) is 30.5 Å². The van der Waals surface area contributed by atoms with Crippen LogP contribution in [0.15, 0.2) is 29.4 Å². The van der Waals surface area contributed by atoms with Gasteiger partial charge in [0, 0.05) is 29.4 Å². The highest BCUT2D eigenvalue weighted by molar-refractivity contribution is 7.98. The Morgan fingerprint density at radius 1 is 1.15 bits per heavy atom. The molecule has 33 heavy (non-hydrogen) atoms. The summed E-state index contributed by atoms with van der Waals surface area (Å²) in [7, 11) is 4.46. The molecule has 0 bridgehead atoms. The second kappa shape index (κ2) is 10.5. The first kappa shape index (κ1) is 25.6. The van der Waals surface area contributed by atoms with Gasteiger partial charge in [0.25, 0.3) is 0 Å². The Bertz CT molecular complexity index is 952. The fraction of sp³-hybridized carbons (Fsp3) is 0.609. The highest BCUT2D eigenvalue weighted by Gasteiger charge is 2.39. The molecule has 0 radical (unpaired) electrons. The number of halogens is 3. The average Bonchev–Trinajstić information content (AvgIpc) is 2.79. The van der Waals surface area contributed by atoms with E-state index in [-0.39, 0.29) is 0 Å². The van der Waals surface area contributed by atoms with Gasteiger partial charge in [0.05, 0.1) is 5.52 Å². The minimum Gasteiger partial charge on any atom is -0.475 e. The van der Waals surface area contributed by atoms with Crippen molar-refractivity contribution in [3.63, 3.8) is 0 Å². The van der Waals surface area contributed by atoms with Crippen LogP contribution in [-0.4, -0.2) is 71.6 Å². The maximum absolute atomic E-state index is 10.6. The van der Waals surface area contributed by atoms with E-state index in [4.69, 9.17) is 9.90 Å². The third-order valence-corrected chi connectivity index (χ3v) is 7.66. The van der Waals surface area contributed by atoms with E-state index in [0.29, 0.717) is 5.41 Å². The summed E-state index contributed by atoms with van der Waals surface area (Å²) in [5, 5.41) is 8.33. The Labute approximate surface area is 196 Å². The number of benzene rings is 1.